The van der Waals surface area contributed by atoms with Gasteiger partial charge in [0.25, 0.3) is 0 Å². The van der Waals surface area contributed by atoms with E-state index >= 15 is 0 Å². The Balaban J connectivity index is 1.68. The van der Waals surface area contributed by atoms with E-state index in [1.165, 1.54) is 18.4 Å². The van der Waals surface area contributed by atoms with Gasteiger partial charge in [-0.1, -0.05) is 41.0 Å². The maximum Gasteiger partial charge on any atom is 0.0548 e. The highest BCUT2D eigenvalue weighted by Crippen LogP contribution is 2.34. The van der Waals surface area contributed by atoms with E-state index in [0.29, 0.717) is 0 Å². The summed E-state index contributed by atoms with van der Waals surface area (Å²) in [6, 6.07) is 14.8. The first-order valence-electron chi connectivity index (χ1n) is 6.66. The third kappa shape index (κ3) is 3.92. The fourth-order valence-corrected chi connectivity index (χ4v) is 3.18. The van der Waals surface area contributed by atoms with Crippen LogP contribution in [0.1, 0.15) is 18.4 Å². The van der Waals surface area contributed by atoms with Crippen LogP contribution < -0.4 is 5.32 Å². The Morgan fingerprint density at radius 1 is 1.05 bits per heavy atom. The van der Waals surface area contributed by atoms with Crippen molar-refractivity contribution in [1.82, 2.24) is 5.32 Å². The van der Waals surface area contributed by atoms with Gasteiger partial charge in [-0.3, -0.25) is 0 Å². The predicted octanol–water partition coefficient (Wildman–Crippen LogP) is 5.40. The number of hydrogen-bond donors (Lipinski definition) is 1. The van der Waals surface area contributed by atoms with Crippen LogP contribution >= 0.6 is 35.0 Å². The molecule has 0 saturated heterocycles. The van der Waals surface area contributed by atoms with Gasteiger partial charge in [-0.2, -0.15) is 0 Å². The average Bonchev–Trinajstić information content (AvgIpc) is 3.26. The van der Waals surface area contributed by atoms with E-state index in [-0.39, 0.29) is 0 Å². The van der Waals surface area contributed by atoms with Gasteiger partial charge in [-0.25, -0.2) is 0 Å². The molecule has 1 N–H and O–H groups in total. The minimum Gasteiger partial charge on any atom is -0.310 e. The molecule has 0 heterocycles. The number of rotatable bonds is 5. The zero-order valence-corrected chi connectivity index (χ0v) is 13.2. The zero-order valence-electron chi connectivity index (χ0n) is 10.9. The van der Waals surface area contributed by atoms with Crippen molar-refractivity contribution in [3.8, 4) is 0 Å². The molecule has 1 aliphatic carbocycles. The topological polar surface area (TPSA) is 12.0 Å². The molecule has 0 spiro atoms. The smallest absolute Gasteiger partial charge is 0.0548 e. The van der Waals surface area contributed by atoms with Crippen LogP contribution in [0, 0.1) is 0 Å². The monoisotopic (exact) mass is 323 g/mol. The predicted molar refractivity (Wildman–Crippen MR) is 86.9 cm³/mol. The number of nitrogens with one attached hydrogen (secondary N) is 1. The second-order valence-electron chi connectivity index (χ2n) is 4.98. The van der Waals surface area contributed by atoms with Gasteiger partial charge >= 0.3 is 0 Å². The molecule has 0 amide bonds. The summed E-state index contributed by atoms with van der Waals surface area (Å²) in [6.07, 6.45) is 2.61. The van der Waals surface area contributed by atoms with Crippen molar-refractivity contribution in [3.63, 3.8) is 0 Å². The van der Waals surface area contributed by atoms with E-state index in [1.807, 2.05) is 24.3 Å². The van der Waals surface area contributed by atoms with Gasteiger partial charge in [0.15, 0.2) is 0 Å². The van der Waals surface area contributed by atoms with Crippen LogP contribution in [0.2, 0.25) is 10.0 Å². The number of hydrogen-bond acceptors (Lipinski definition) is 2. The first-order valence-corrected chi connectivity index (χ1v) is 8.23. The molecular formula is C16H15Cl2NS. The van der Waals surface area contributed by atoms with Crippen molar-refractivity contribution < 1.29 is 0 Å². The lowest BCUT2D eigenvalue weighted by Crippen LogP contribution is -2.15. The van der Waals surface area contributed by atoms with Crippen molar-refractivity contribution in [1.29, 1.82) is 0 Å². The molecule has 20 heavy (non-hydrogen) atoms. The van der Waals surface area contributed by atoms with Crippen LogP contribution in [0.3, 0.4) is 0 Å². The molecule has 2 aromatic carbocycles. The molecule has 4 heteroatoms. The molecule has 1 fully saturated rings. The Morgan fingerprint density at radius 3 is 2.45 bits per heavy atom. The minimum atomic E-state index is 0.719. The van der Waals surface area contributed by atoms with Gasteiger partial charge in [0.2, 0.25) is 0 Å². The summed E-state index contributed by atoms with van der Waals surface area (Å²) < 4.78 is 0. The first kappa shape index (κ1) is 14.3. The van der Waals surface area contributed by atoms with Crippen molar-refractivity contribution >= 4 is 35.0 Å². The van der Waals surface area contributed by atoms with Crippen LogP contribution in [0.15, 0.2) is 52.3 Å². The Hall–Kier alpha value is -0.670. The quantitative estimate of drug-likeness (QED) is 0.790. The maximum atomic E-state index is 6.37. The lowest BCUT2D eigenvalue weighted by Gasteiger charge is -2.08. The van der Waals surface area contributed by atoms with Gasteiger partial charge < -0.3 is 5.32 Å². The van der Waals surface area contributed by atoms with Crippen LogP contribution in [-0.2, 0) is 6.54 Å². The summed E-state index contributed by atoms with van der Waals surface area (Å²) in [6.45, 7) is 0.899. The molecule has 1 saturated carbocycles. The standard InChI is InChI=1S/C16H15Cl2NS/c17-12-2-6-14(7-3-12)20-16-8-1-11(9-15(16)18)10-19-13-4-5-13/h1-3,6-9,13,19H,4-5,10H2. The molecule has 104 valence electrons. The molecule has 0 aliphatic heterocycles. The van der Waals surface area contributed by atoms with Gasteiger partial charge in [-0.15, -0.1) is 0 Å². The highest BCUT2D eigenvalue weighted by atomic mass is 35.5. The molecule has 0 atom stereocenters. The molecule has 0 aromatic heterocycles. The molecule has 2 aromatic rings. The van der Waals surface area contributed by atoms with Crippen molar-refractivity contribution in [3.05, 3.63) is 58.1 Å². The van der Waals surface area contributed by atoms with Crippen LogP contribution in [-0.4, -0.2) is 6.04 Å². The summed E-state index contributed by atoms with van der Waals surface area (Å²) in [5.41, 5.74) is 1.24. The second-order valence-corrected chi connectivity index (χ2v) is 6.93. The Morgan fingerprint density at radius 2 is 1.80 bits per heavy atom. The summed E-state index contributed by atoms with van der Waals surface area (Å²) in [5, 5.41) is 5.05. The molecule has 0 bridgehead atoms. The van der Waals surface area contributed by atoms with E-state index < -0.39 is 0 Å². The molecule has 1 nitrogen and oxygen atoms in total. The van der Waals surface area contributed by atoms with E-state index in [0.717, 1.165) is 32.4 Å². The van der Waals surface area contributed by atoms with Crippen LogP contribution in [0.5, 0.6) is 0 Å². The van der Waals surface area contributed by atoms with Gasteiger partial charge in [0.05, 0.1) is 5.02 Å². The van der Waals surface area contributed by atoms with E-state index in [9.17, 15) is 0 Å². The van der Waals surface area contributed by atoms with E-state index in [1.54, 1.807) is 11.8 Å². The normalized spacial score (nSPS) is 14.5. The third-order valence-electron chi connectivity index (χ3n) is 3.21. The zero-order chi connectivity index (χ0) is 13.9. The van der Waals surface area contributed by atoms with Crippen LogP contribution in [0.4, 0.5) is 0 Å². The van der Waals surface area contributed by atoms with Crippen molar-refractivity contribution in [2.45, 2.75) is 35.2 Å². The molecule has 3 rings (SSSR count). The Labute approximate surface area is 133 Å². The average molecular weight is 324 g/mol. The maximum absolute atomic E-state index is 6.37. The molecular weight excluding hydrogens is 309 g/mol. The minimum absolute atomic E-state index is 0.719. The van der Waals surface area contributed by atoms with Crippen molar-refractivity contribution in [2.75, 3.05) is 0 Å². The molecule has 0 unspecified atom stereocenters. The Kier molecular flexibility index (Phi) is 4.57. The molecule has 0 radical (unpaired) electrons. The van der Waals surface area contributed by atoms with E-state index in [4.69, 9.17) is 23.2 Å². The fourth-order valence-electron chi connectivity index (χ4n) is 1.92. The van der Waals surface area contributed by atoms with Gasteiger partial charge in [-0.05, 0) is 54.8 Å². The SMILES string of the molecule is Clc1ccc(Sc2ccc(CNC3CC3)cc2Cl)cc1. The highest BCUT2D eigenvalue weighted by molar-refractivity contribution is 7.99. The summed E-state index contributed by atoms with van der Waals surface area (Å²) in [5.74, 6) is 0. The second kappa shape index (κ2) is 6.40. The lowest BCUT2D eigenvalue weighted by molar-refractivity contribution is 0.687. The Bertz CT molecular complexity index is 594. The van der Waals surface area contributed by atoms with Gasteiger partial charge in [0.1, 0.15) is 0 Å². The highest BCUT2D eigenvalue weighted by Gasteiger charge is 2.19. The fraction of sp³-hybridized carbons (Fsp3) is 0.250. The number of halogens is 2. The lowest BCUT2D eigenvalue weighted by atomic mass is 10.2. The number of benzene rings is 2. The van der Waals surface area contributed by atoms with Gasteiger partial charge in [0, 0.05) is 27.4 Å². The summed E-state index contributed by atoms with van der Waals surface area (Å²) in [4.78, 5) is 2.21. The first-order chi connectivity index (χ1) is 9.70. The summed E-state index contributed by atoms with van der Waals surface area (Å²) in [7, 11) is 0. The van der Waals surface area contributed by atoms with E-state index in [2.05, 4.69) is 23.5 Å². The third-order valence-corrected chi connectivity index (χ3v) is 4.97. The molecule has 1 aliphatic rings. The largest absolute Gasteiger partial charge is 0.310 e. The van der Waals surface area contributed by atoms with Crippen LogP contribution in [0.25, 0.3) is 0 Å². The van der Waals surface area contributed by atoms with Crippen molar-refractivity contribution in [2.24, 2.45) is 0 Å². The summed E-state index contributed by atoms with van der Waals surface area (Å²) >= 11 is 13.9.